The predicted molar refractivity (Wildman–Crippen MR) is 112 cm³/mol. The minimum absolute atomic E-state index is 0.0165. The number of nitrogens with zero attached hydrogens (tertiary/aromatic N) is 2. The molecule has 3 aromatic rings. The van der Waals surface area contributed by atoms with Crippen LogP contribution in [0.4, 0.5) is 4.39 Å². The number of aromatic nitrogens is 2. The van der Waals surface area contributed by atoms with Crippen molar-refractivity contribution in [1.29, 1.82) is 0 Å². The van der Waals surface area contributed by atoms with Gasteiger partial charge in [-0.15, -0.1) is 0 Å². The second kappa shape index (κ2) is 9.22. The topological polar surface area (TPSA) is 64.1 Å². The van der Waals surface area contributed by atoms with E-state index in [0.717, 1.165) is 24.8 Å². The van der Waals surface area contributed by atoms with Crippen LogP contribution in [0.5, 0.6) is 5.75 Å². The molecule has 0 bridgehead atoms. The largest absolute Gasteiger partial charge is 0.486 e. The molecule has 1 aliphatic carbocycles. The Labute approximate surface area is 179 Å². The van der Waals surface area contributed by atoms with Gasteiger partial charge >= 0.3 is 0 Å². The molecular formula is C23H21ClFN3O2. The fourth-order valence-corrected chi connectivity index (χ4v) is 3.53. The lowest BCUT2D eigenvalue weighted by atomic mass is 9.84. The quantitative estimate of drug-likeness (QED) is 0.587. The van der Waals surface area contributed by atoms with Gasteiger partial charge in [0.25, 0.3) is 0 Å². The van der Waals surface area contributed by atoms with E-state index >= 15 is 0 Å². The van der Waals surface area contributed by atoms with Gasteiger partial charge in [0.1, 0.15) is 12.3 Å². The molecule has 1 amide bonds. The van der Waals surface area contributed by atoms with Crippen molar-refractivity contribution >= 4 is 17.5 Å². The number of rotatable bonds is 7. The van der Waals surface area contributed by atoms with Crippen molar-refractivity contribution in [1.82, 2.24) is 15.3 Å². The molecule has 1 unspecified atom stereocenters. The van der Waals surface area contributed by atoms with Crippen molar-refractivity contribution in [3.05, 3.63) is 88.7 Å². The van der Waals surface area contributed by atoms with E-state index in [4.69, 9.17) is 16.3 Å². The first-order valence-corrected chi connectivity index (χ1v) is 10.2. The first-order valence-electron chi connectivity index (χ1n) is 9.85. The van der Waals surface area contributed by atoms with Gasteiger partial charge in [-0.1, -0.05) is 54.4 Å². The van der Waals surface area contributed by atoms with Crippen LogP contribution in [0.25, 0.3) is 0 Å². The molecule has 1 fully saturated rings. The number of halogens is 2. The first kappa shape index (κ1) is 20.3. The van der Waals surface area contributed by atoms with E-state index < -0.39 is 11.9 Å². The van der Waals surface area contributed by atoms with Gasteiger partial charge in [-0.2, -0.15) is 0 Å². The lowest BCUT2D eigenvalue weighted by molar-refractivity contribution is -0.127. The average Bonchev–Trinajstić information content (AvgIpc) is 2.72. The highest BCUT2D eigenvalue weighted by Crippen LogP contribution is 2.32. The maximum absolute atomic E-state index is 14.4. The monoisotopic (exact) mass is 425 g/mol. The molecule has 4 rings (SSSR count). The maximum Gasteiger partial charge on any atom is 0.223 e. The zero-order chi connectivity index (χ0) is 20.9. The predicted octanol–water partition coefficient (Wildman–Crippen LogP) is 4.85. The summed E-state index contributed by atoms with van der Waals surface area (Å²) in [6.07, 6.45) is 5.77. The minimum atomic E-state index is -0.654. The number of ether oxygens (including phenoxy) is 1. The summed E-state index contributed by atoms with van der Waals surface area (Å²) in [5.41, 5.74) is 1.95. The SMILES string of the molecule is O=C(NC(c1ccc(F)c(OCc2ccccc2)c1)c1nccnc1Cl)C1CCC1. The van der Waals surface area contributed by atoms with Crippen LogP contribution < -0.4 is 10.1 Å². The molecule has 5 nitrogen and oxygen atoms in total. The van der Waals surface area contributed by atoms with Crippen molar-refractivity contribution in [2.24, 2.45) is 5.92 Å². The number of amides is 1. The van der Waals surface area contributed by atoms with Crippen LogP contribution in [0.3, 0.4) is 0 Å². The molecule has 1 N–H and O–H groups in total. The van der Waals surface area contributed by atoms with E-state index in [9.17, 15) is 9.18 Å². The molecular weight excluding hydrogens is 405 g/mol. The molecule has 154 valence electrons. The van der Waals surface area contributed by atoms with Crippen LogP contribution in [0.2, 0.25) is 5.15 Å². The van der Waals surface area contributed by atoms with Gasteiger partial charge < -0.3 is 10.1 Å². The Kier molecular flexibility index (Phi) is 6.23. The van der Waals surface area contributed by atoms with Crippen LogP contribution in [-0.4, -0.2) is 15.9 Å². The second-order valence-corrected chi connectivity index (χ2v) is 7.62. The summed E-state index contributed by atoms with van der Waals surface area (Å²) >= 11 is 6.26. The molecule has 0 spiro atoms. The molecule has 2 aromatic carbocycles. The zero-order valence-electron chi connectivity index (χ0n) is 16.2. The number of carbonyl (C=O) groups excluding carboxylic acids is 1. The lowest BCUT2D eigenvalue weighted by Gasteiger charge is -2.27. The fourth-order valence-electron chi connectivity index (χ4n) is 3.31. The normalized spacial score (nSPS) is 14.6. The van der Waals surface area contributed by atoms with Gasteiger partial charge in [-0.3, -0.25) is 9.78 Å². The molecule has 1 saturated carbocycles. The third-order valence-corrected chi connectivity index (χ3v) is 5.53. The summed E-state index contributed by atoms with van der Waals surface area (Å²) < 4.78 is 20.1. The van der Waals surface area contributed by atoms with Crippen LogP contribution in [0.15, 0.2) is 60.9 Å². The molecule has 1 aliphatic rings. The summed E-state index contributed by atoms with van der Waals surface area (Å²) in [7, 11) is 0. The Bertz CT molecular complexity index is 1030. The zero-order valence-corrected chi connectivity index (χ0v) is 17.0. The third-order valence-electron chi connectivity index (χ3n) is 5.24. The van der Waals surface area contributed by atoms with Crippen LogP contribution in [-0.2, 0) is 11.4 Å². The Hall–Kier alpha value is -2.99. The minimum Gasteiger partial charge on any atom is -0.486 e. The van der Waals surface area contributed by atoms with E-state index in [2.05, 4.69) is 15.3 Å². The highest BCUT2D eigenvalue weighted by Gasteiger charge is 2.29. The molecule has 7 heteroatoms. The molecule has 0 radical (unpaired) electrons. The van der Waals surface area contributed by atoms with Gasteiger partial charge in [0.15, 0.2) is 16.7 Å². The molecule has 1 heterocycles. The average molecular weight is 426 g/mol. The van der Waals surface area contributed by atoms with E-state index in [0.29, 0.717) is 11.3 Å². The first-order chi connectivity index (χ1) is 14.6. The van der Waals surface area contributed by atoms with Crippen molar-refractivity contribution in [2.45, 2.75) is 31.9 Å². The highest BCUT2D eigenvalue weighted by molar-refractivity contribution is 6.30. The van der Waals surface area contributed by atoms with Gasteiger partial charge in [-0.05, 0) is 36.1 Å². The Morgan fingerprint density at radius 2 is 1.93 bits per heavy atom. The summed E-state index contributed by atoms with van der Waals surface area (Å²) in [5, 5.41) is 3.20. The maximum atomic E-state index is 14.4. The van der Waals surface area contributed by atoms with E-state index in [-0.39, 0.29) is 29.3 Å². The number of hydrogen-bond donors (Lipinski definition) is 1. The second-order valence-electron chi connectivity index (χ2n) is 7.27. The Balaban J connectivity index is 1.62. The van der Waals surface area contributed by atoms with E-state index in [1.54, 1.807) is 12.1 Å². The van der Waals surface area contributed by atoms with Crippen molar-refractivity contribution in [2.75, 3.05) is 0 Å². The molecule has 1 aromatic heterocycles. The lowest BCUT2D eigenvalue weighted by Crippen LogP contribution is -2.37. The molecule has 1 atom stereocenters. The summed E-state index contributed by atoms with van der Waals surface area (Å²) in [4.78, 5) is 21.0. The van der Waals surface area contributed by atoms with Gasteiger partial charge in [0, 0.05) is 18.3 Å². The van der Waals surface area contributed by atoms with Crippen LogP contribution in [0, 0.1) is 11.7 Å². The number of benzene rings is 2. The standard InChI is InChI=1S/C23H21ClFN3O2/c24-22-21(26-11-12-27-22)20(28-23(29)16-7-4-8-16)17-9-10-18(25)19(13-17)30-14-15-5-2-1-3-6-15/h1-3,5-6,9-13,16,20H,4,7-8,14H2,(H,28,29). The number of nitrogens with one attached hydrogen (secondary N) is 1. The number of hydrogen-bond acceptors (Lipinski definition) is 4. The van der Waals surface area contributed by atoms with Crippen LogP contribution in [0.1, 0.15) is 42.1 Å². The van der Waals surface area contributed by atoms with E-state index in [1.807, 2.05) is 30.3 Å². The van der Waals surface area contributed by atoms with E-state index in [1.165, 1.54) is 18.5 Å². The molecule has 30 heavy (non-hydrogen) atoms. The summed E-state index contributed by atoms with van der Waals surface area (Å²) in [5.74, 6) is -0.468. The van der Waals surface area contributed by atoms with Crippen molar-refractivity contribution in [3.63, 3.8) is 0 Å². The smallest absolute Gasteiger partial charge is 0.223 e. The van der Waals surface area contributed by atoms with Crippen molar-refractivity contribution in [3.8, 4) is 5.75 Å². The summed E-state index contributed by atoms with van der Waals surface area (Å²) in [6, 6.07) is 13.4. The molecule has 0 aliphatic heterocycles. The summed E-state index contributed by atoms with van der Waals surface area (Å²) in [6.45, 7) is 0.228. The Morgan fingerprint density at radius 3 is 2.63 bits per heavy atom. The van der Waals surface area contributed by atoms with Gasteiger partial charge in [-0.25, -0.2) is 9.37 Å². The highest BCUT2D eigenvalue weighted by atomic mass is 35.5. The van der Waals surface area contributed by atoms with Crippen LogP contribution >= 0.6 is 11.6 Å². The third kappa shape index (κ3) is 4.60. The van der Waals surface area contributed by atoms with Gasteiger partial charge in [0.2, 0.25) is 5.91 Å². The Morgan fingerprint density at radius 1 is 1.17 bits per heavy atom. The molecule has 0 saturated heterocycles. The van der Waals surface area contributed by atoms with Gasteiger partial charge in [0.05, 0.1) is 6.04 Å². The van der Waals surface area contributed by atoms with Crippen molar-refractivity contribution < 1.29 is 13.9 Å². The number of carbonyl (C=O) groups is 1. The fraction of sp³-hybridized carbons (Fsp3) is 0.261.